The number of anilines is 2. The second-order valence-electron chi connectivity index (χ2n) is 3.45. The first-order valence-corrected chi connectivity index (χ1v) is 6.41. The molecule has 0 amide bonds. The van der Waals surface area contributed by atoms with Crippen LogP contribution >= 0.6 is 0 Å². The molecule has 2 rings (SSSR count). The highest BCUT2D eigenvalue weighted by atomic mass is 32.2. The number of aromatic amines is 1. The van der Waals surface area contributed by atoms with Gasteiger partial charge in [0.25, 0.3) is 5.82 Å². The Kier molecular flexibility index (Phi) is 2.97. The molecule has 1 aromatic heterocycles. The summed E-state index contributed by atoms with van der Waals surface area (Å²) < 4.78 is 26.3. The van der Waals surface area contributed by atoms with Gasteiger partial charge in [-0.2, -0.15) is 13.1 Å². The van der Waals surface area contributed by atoms with Gasteiger partial charge in [-0.3, -0.25) is 0 Å². The normalized spacial score (nSPS) is 11.1. The number of hydrogen-bond donors (Lipinski definition) is 2. The summed E-state index contributed by atoms with van der Waals surface area (Å²) in [6, 6.07) is 11.1. The van der Waals surface area contributed by atoms with Crippen LogP contribution in [-0.2, 0) is 10.0 Å². The molecule has 88 valence electrons. The van der Waals surface area contributed by atoms with Crippen LogP contribution in [0.1, 0.15) is 0 Å². The highest BCUT2D eigenvalue weighted by Gasteiger charge is 2.19. The number of benzene rings is 1. The van der Waals surface area contributed by atoms with E-state index in [9.17, 15) is 8.42 Å². The second-order valence-corrected chi connectivity index (χ2v) is 5.13. The topological polar surface area (TPSA) is 86.3 Å². The van der Waals surface area contributed by atoms with Crippen LogP contribution < -0.4 is 15.4 Å². The smallest absolute Gasteiger partial charge is 0.328 e. The summed E-state index contributed by atoms with van der Waals surface area (Å²) in [6.07, 6.45) is 1.64. The standard InChI is InChI=1S/C11H11N3O2S/c12-9-4-6-10(7-5-9)17(15,16)14-11-3-1-2-8-13-11/h1-8H,12H2,(H,13,14)/p+1. The van der Waals surface area contributed by atoms with E-state index in [1.165, 1.54) is 12.1 Å². The number of aromatic nitrogens is 1. The van der Waals surface area contributed by atoms with Gasteiger partial charge >= 0.3 is 10.0 Å². The lowest BCUT2D eigenvalue weighted by atomic mass is 10.3. The van der Waals surface area contributed by atoms with Crippen LogP contribution in [0.2, 0.25) is 0 Å². The Morgan fingerprint density at radius 3 is 2.35 bits per heavy atom. The maximum Gasteiger partial charge on any atom is 0.328 e. The first-order chi connectivity index (χ1) is 8.08. The van der Waals surface area contributed by atoms with Crippen molar-refractivity contribution in [2.45, 2.75) is 4.90 Å². The molecule has 0 bridgehead atoms. The summed E-state index contributed by atoms with van der Waals surface area (Å²) in [5.74, 6) is 0.407. The van der Waals surface area contributed by atoms with Gasteiger partial charge in [0.15, 0.2) is 0 Å². The van der Waals surface area contributed by atoms with Gasteiger partial charge in [-0.15, -0.1) is 0 Å². The zero-order valence-electron chi connectivity index (χ0n) is 8.92. The molecule has 1 heterocycles. The summed E-state index contributed by atoms with van der Waals surface area (Å²) in [6.45, 7) is 0. The van der Waals surface area contributed by atoms with Gasteiger partial charge in [0.2, 0.25) is 0 Å². The monoisotopic (exact) mass is 250 g/mol. The highest BCUT2D eigenvalue weighted by Crippen LogP contribution is 2.14. The summed E-state index contributed by atoms with van der Waals surface area (Å²) in [7, 11) is -3.57. The Labute approximate surface area is 99.4 Å². The van der Waals surface area contributed by atoms with Crippen LogP contribution in [0.15, 0.2) is 53.6 Å². The van der Waals surface area contributed by atoms with Gasteiger partial charge in [-0.1, -0.05) is 6.07 Å². The molecule has 1 aromatic carbocycles. The molecule has 5 nitrogen and oxygen atoms in total. The second kappa shape index (κ2) is 4.42. The Bertz CT molecular complexity index is 594. The lowest BCUT2D eigenvalue weighted by Crippen LogP contribution is -2.19. The molecule has 17 heavy (non-hydrogen) atoms. The van der Waals surface area contributed by atoms with Gasteiger partial charge in [0.05, 0.1) is 6.20 Å². The van der Waals surface area contributed by atoms with Crippen molar-refractivity contribution in [3.8, 4) is 0 Å². The molecule has 0 aliphatic carbocycles. The molecule has 0 atom stereocenters. The van der Waals surface area contributed by atoms with Crippen molar-refractivity contribution >= 4 is 21.5 Å². The van der Waals surface area contributed by atoms with E-state index in [0.717, 1.165) is 0 Å². The lowest BCUT2D eigenvalue weighted by Gasteiger charge is -2.01. The van der Waals surface area contributed by atoms with Crippen LogP contribution in [-0.4, -0.2) is 8.42 Å². The van der Waals surface area contributed by atoms with Crippen LogP contribution in [0, 0.1) is 0 Å². The van der Waals surface area contributed by atoms with Gasteiger partial charge < -0.3 is 5.73 Å². The Hall–Kier alpha value is -2.08. The van der Waals surface area contributed by atoms with Crippen LogP contribution in [0.5, 0.6) is 0 Å². The minimum atomic E-state index is -3.57. The molecule has 0 unspecified atom stereocenters. The molecular weight excluding hydrogens is 238 g/mol. The summed E-state index contributed by atoms with van der Waals surface area (Å²) in [5, 5.41) is 0. The summed E-state index contributed by atoms with van der Waals surface area (Å²) in [5.41, 5.74) is 6.02. The third kappa shape index (κ3) is 2.73. The van der Waals surface area contributed by atoms with E-state index < -0.39 is 10.0 Å². The zero-order chi connectivity index (χ0) is 12.3. The van der Waals surface area contributed by atoms with E-state index in [2.05, 4.69) is 9.71 Å². The molecule has 2 aromatic rings. The fraction of sp³-hybridized carbons (Fsp3) is 0. The minimum Gasteiger partial charge on any atom is -0.399 e. The number of hydrogen-bond acceptors (Lipinski definition) is 3. The molecule has 6 heteroatoms. The van der Waals surface area contributed by atoms with Crippen LogP contribution in [0.25, 0.3) is 0 Å². The predicted octanol–water partition coefficient (Wildman–Crippen LogP) is 0.884. The van der Waals surface area contributed by atoms with Gasteiger partial charge in [0.1, 0.15) is 4.90 Å². The molecule has 0 aliphatic rings. The lowest BCUT2D eigenvalue weighted by molar-refractivity contribution is -0.360. The Morgan fingerprint density at radius 1 is 1.06 bits per heavy atom. The van der Waals surface area contributed by atoms with E-state index in [1.807, 2.05) is 0 Å². The summed E-state index contributed by atoms with van der Waals surface area (Å²) >= 11 is 0. The SMILES string of the molecule is Nc1ccc(S(=O)(=O)Nc2cccc[nH+]2)cc1. The maximum atomic E-state index is 11.9. The van der Waals surface area contributed by atoms with Crippen molar-refractivity contribution in [3.05, 3.63) is 48.7 Å². The van der Waals surface area contributed by atoms with Crippen LogP contribution in [0.3, 0.4) is 0 Å². The number of sulfonamides is 1. The Balaban J connectivity index is 2.29. The average molecular weight is 250 g/mol. The number of nitrogens with two attached hydrogens (primary N) is 1. The van der Waals surface area contributed by atoms with Crippen molar-refractivity contribution < 1.29 is 13.4 Å². The van der Waals surface area contributed by atoms with Crippen molar-refractivity contribution in [1.82, 2.24) is 0 Å². The Morgan fingerprint density at radius 2 is 1.76 bits per heavy atom. The minimum absolute atomic E-state index is 0.170. The quantitative estimate of drug-likeness (QED) is 0.793. The van der Waals surface area contributed by atoms with Crippen LogP contribution in [0.4, 0.5) is 11.5 Å². The molecule has 0 fully saturated rings. The molecule has 0 radical (unpaired) electrons. The number of nitrogens with one attached hydrogen (secondary N) is 2. The number of rotatable bonds is 3. The van der Waals surface area contributed by atoms with Gasteiger partial charge in [0, 0.05) is 11.8 Å². The van der Waals surface area contributed by atoms with Crippen molar-refractivity contribution in [3.63, 3.8) is 0 Å². The number of nitrogen functional groups attached to an aromatic ring is 1. The molecular formula is C11H12N3O2S+. The van der Waals surface area contributed by atoms with E-state index in [1.54, 1.807) is 36.5 Å². The fourth-order valence-electron chi connectivity index (χ4n) is 1.31. The number of pyridine rings is 1. The molecule has 0 saturated heterocycles. The van der Waals surface area contributed by atoms with Gasteiger partial charge in [-0.25, -0.2) is 4.98 Å². The van der Waals surface area contributed by atoms with E-state index in [4.69, 9.17) is 5.73 Å². The molecule has 0 saturated carbocycles. The number of H-pyrrole nitrogens is 1. The average Bonchev–Trinajstić information content (AvgIpc) is 2.30. The van der Waals surface area contributed by atoms with E-state index in [0.29, 0.717) is 11.5 Å². The zero-order valence-corrected chi connectivity index (χ0v) is 9.74. The first kappa shape index (κ1) is 11.4. The third-order valence-corrected chi connectivity index (χ3v) is 3.53. The van der Waals surface area contributed by atoms with Crippen molar-refractivity contribution in [2.75, 3.05) is 10.5 Å². The summed E-state index contributed by atoms with van der Waals surface area (Å²) in [4.78, 5) is 2.96. The molecule has 4 N–H and O–H groups in total. The van der Waals surface area contributed by atoms with Crippen molar-refractivity contribution in [2.24, 2.45) is 0 Å². The van der Waals surface area contributed by atoms with E-state index in [-0.39, 0.29) is 4.90 Å². The third-order valence-electron chi connectivity index (χ3n) is 2.14. The predicted molar refractivity (Wildman–Crippen MR) is 64.7 cm³/mol. The van der Waals surface area contributed by atoms with Gasteiger partial charge in [-0.05, 0) is 30.3 Å². The highest BCUT2D eigenvalue weighted by molar-refractivity contribution is 7.92. The van der Waals surface area contributed by atoms with Crippen molar-refractivity contribution in [1.29, 1.82) is 0 Å². The molecule has 0 spiro atoms. The fourth-order valence-corrected chi connectivity index (χ4v) is 2.34. The maximum absolute atomic E-state index is 11.9. The molecule has 0 aliphatic heterocycles. The largest absolute Gasteiger partial charge is 0.399 e. The first-order valence-electron chi connectivity index (χ1n) is 4.93. The van der Waals surface area contributed by atoms with E-state index >= 15 is 0 Å².